The Labute approximate surface area is 121 Å². The van der Waals surface area contributed by atoms with Gasteiger partial charge < -0.3 is 5.32 Å². The predicted molar refractivity (Wildman–Crippen MR) is 84.9 cm³/mol. The minimum Gasteiger partial charge on any atom is -0.310 e. The topological polar surface area (TPSA) is 24.9 Å². The molecule has 2 nitrogen and oxygen atoms in total. The molecule has 0 atom stereocenters. The first-order chi connectivity index (χ1) is 9.36. The highest BCUT2D eigenvalue weighted by Gasteiger charge is 2.08. The SMILES string of the molecule is CCCNCc1nc(-c2cc3ccccc3s2)cs1. The Morgan fingerprint density at radius 2 is 2.16 bits per heavy atom. The van der Waals surface area contributed by atoms with Crippen molar-refractivity contribution in [1.82, 2.24) is 10.3 Å². The van der Waals surface area contributed by atoms with E-state index in [1.54, 1.807) is 11.3 Å². The van der Waals surface area contributed by atoms with Crippen LogP contribution in [-0.2, 0) is 6.54 Å². The van der Waals surface area contributed by atoms with Crippen molar-refractivity contribution in [3.05, 3.63) is 40.7 Å². The molecule has 0 fully saturated rings. The van der Waals surface area contributed by atoms with Crippen molar-refractivity contribution in [3.63, 3.8) is 0 Å². The van der Waals surface area contributed by atoms with Crippen LogP contribution >= 0.6 is 22.7 Å². The summed E-state index contributed by atoms with van der Waals surface area (Å²) in [6.07, 6.45) is 1.16. The third kappa shape index (κ3) is 2.86. The summed E-state index contributed by atoms with van der Waals surface area (Å²) in [6.45, 7) is 4.11. The Hall–Kier alpha value is -1.23. The summed E-state index contributed by atoms with van der Waals surface area (Å²) in [6, 6.07) is 10.7. The molecule has 3 aromatic rings. The molecule has 2 aromatic heterocycles. The highest BCUT2D eigenvalue weighted by atomic mass is 32.1. The molecule has 0 amide bonds. The second-order valence-electron chi connectivity index (χ2n) is 4.45. The zero-order chi connectivity index (χ0) is 13.1. The Kier molecular flexibility index (Phi) is 3.92. The first-order valence-electron chi connectivity index (χ1n) is 6.51. The van der Waals surface area contributed by atoms with Crippen molar-refractivity contribution in [3.8, 4) is 10.6 Å². The fourth-order valence-electron chi connectivity index (χ4n) is 1.99. The lowest BCUT2D eigenvalue weighted by Gasteiger charge is -1.97. The standard InChI is InChI=1S/C15H16N2S2/c1-2-7-16-9-15-17-12(10-18-15)14-8-11-5-3-4-6-13(11)19-14/h3-6,8,10,16H,2,7,9H2,1H3. The smallest absolute Gasteiger partial charge is 0.107 e. The van der Waals surface area contributed by atoms with Crippen LogP contribution in [0.5, 0.6) is 0 Å². The quantitative estimate of drug-likeness (QED) is 0.698. The number of thiophene rings is 1. The normalized spacial score (nSPS) is 11.2. The van der Waals surface area contributed by atoms with E-state index in [0.717, 1.165) is 25.2 Å². The molecule has 1 aromatic carbocycles. The Bertz CT molecular complexity index is 636. The van der Waals surface area contributed by atoms with Gasteiger partial charge in [0.05, 0.1) is 10.6 Å². The minimum atomic E-state index is 0.878. The van der Waals surface area contributed by atoms with Crippen LogP contribution in [0.4, 0.5) is 0 Å². The van der Waals surface area contributed by atoms with Crippen molar-refractivity contribution >= 4 is 32.8 Å². The molecule has 1 N–H and O–H groups in total. The highest BCUT2D eigenvalue weighted by molar-refractivity contribution is 7.22. The van der Waals surface area contributed by atoms with Crippen LogP contribution in [0.25, 0.3) is 20.7 Å². The van der Waals surface area contributed by atoms with Crippen LogP contribution < -0.4 is 5.32 Å². The monoisotopic (exact) mass is 288 g/mol. The van der Waals surface area contributed by atoms with Crippen LogP contribution in [0, 0.1) is 0 Å². The van der Waals surface area contributed by atoms with E-state index >= 15 is 0 Å². The fraction of sp³-hybridized carbons (Fsp3) is 0.267. The molecule has 0 bridgehead atoms. The molecule has 19 heavy (non-hydrogen) atoms. The van der Waals surface area contributed by atoms with Gasteiger partial charge in [0.25, 0.3) is 0 Å². The Balaban J connectivity index is 1.81. The van der Waals surface area contributed by atoms with Gasteiger partial charge in [-0.3, -0.25) is 0 Å². The average Bonchev–Trinajstić information content (AvgIpc) is 3.04. The van der Waals surface area contributed by atoms with Crippen LogP contribution in [-0.4, -0.2) is 11.5 Å². The number of thiazole rings is 1. The molecule has 0 unspecified atom stereocenters. The highest BCUT2D eigenvalue weighted by Crippen LogP contribution is 2.33. The van der Waals surface area contributed by atoms with Gasteiger partial charge in [-0.25, -0.2) is 4.98 Å². The van der Waals surface area contributed by atoms with Gasteiger partial charge in [-0.15, -0.1) is 22.7 Å². The molecule has 98 valence electrons. The fourth-order valence-corrected chi connectivity index (χ4v) is 3.85. The van der Waals surface area contributed by atoms with E-state index < -0.39 is 0 Å². The van der Waals surface area contributed by atoms with Crippen molar-refractivity contribution in [1.29, 1.82) is 0 Å². The molecule has 0 saturated carbocycles. The average molecular weight is 288 g/mol. The molecular weight excluding hydrogens is 272 g/mol. The van der Waals surface area contributed by atoms with Crippen molar-refractivity contribution in [2.45, 2.75) is 19.9 Å². The number of rotatable bonds is 5. The molecule has 0 aliphatic rings. The van der Waals surface area contributed by atoms with E-state index in [1.807, 2.05) is 11.3 Å². The van der Waals surface area contributed by atoms with Crippen molar-refractivity contribution in [2.75, 3.05) is 6.54 Å². The lowest BCUT2D eigenvalue weighted by Crippen LogP contribution is -2.13. The zero-order valence-electron chi connectivity index (χ0n) is 10.8. The third-order valence-electron chi connectivity index (χ3n) is 2.93. The Morgan fingerprint density at radius 3 is 3.00 bits per heavy atom. The summed E-state index contributed by atoms with van der Waals surface area (Å²) in [7, 11) is 0. The second-order valence-corrected chi connectivity index (χ2v) is 6.48. The first-order valence-corrected chi connectivity index (χ1v) is 8.20. The van der Waals surface area contributed by atoms with Crippen LogP contribution in [0.2, 0.25) is 0 Å². The lowest BCUT2D eigenvalue weighted by atomic mass is 10.2. The van der Waals surface area contributed by atoms with E-state index in [1.165, 1.54) is 20.0 Å². The van der Waals surface area contributed by atoms with E-state index in [9.17, 15) is 0 Å². The molecule has 2 heterocycles. The van der Waals surface area contributed by atoms with Gasteiger partial charge in [-0.1, -0.05) is 25.1 Å². The number of hydrogen-bond acceptors (Lipinski definition) is 4. The van der Waals surface area contributed by atoms with Gasteiger partial charge in [0, 0.05) is 16.6 Å². The molecule has 4 heteroatoms. The largest absolute Gasteiger partial charge is 0.310 e. The summed E-state index contributed by atoms with van der Waals surface area (Å²) in [5.74, 6) is 0. The zero-order valence-corrected chi connectivity index (χ0v) is 12.5. The van der Waals surface area contributed by atoms with Gasteiger partial charge in [-0.2, -0.15) is 0 Å². The van der Waals surface area contributed by atoms with Crippen LogP contribution in [0.15, 0.2) is 35.7 Å². The lowest BCUT2D eigenvalue weighted by molar-refractivity contribution is 0.673. The maximum atomic E-state index is 4.71. The summed E-state index contributed by atoms with van der Waals surface area (Å²) < 4.78 is 1.33. The number of fused-ring (bicyclic) bond motifs is 1. The van der Waals surface area contributed by atoms with E-state index in [2.05, 4.69) is 48.0 Å². The molecule has 0 saturated heterocycles. The maximum absolute atomic E-state index is 4.71. The molecule has 3 rings (SSSR count). The molecular formula is C15H16N2S2. The third-order valence-corrected chi connectivity index (χ3v) is 4.92. The van der Waals surface area contributed by atoms with Crippen molar-refractivity contribution < 1.29 is 0 Å². The van der Waals surface area contributed by atoms with Gasteiger partial charge in [-0.05, 0) is 30.5 Å². The number of benzene rings is 1. The number of nitrogens with one attached hydrogen (secondary N) is 1. The van der Waals surface area contributed by atoms with E-state index in [4.69, 9.17) is 4.98 Å². The Morgan fingerprint density at radius 1 is 1.26 bits per heavy atom. The van der Waals surface area contributed by atoms with Gasteiger partial charge >= 0.3 is 0 Å². The minimum absolute atomic E-state index is 0.878. The van der Waals surface area contributed by atoms with Gasteiger partial charge in [0.15, 0.2) is 0 Å². The maximum Gasteiger partial charge on any atom is 0.107 e. The van der Waals surface area contributed by atoms with Gasteiger partial charge in [0.1, 0.15) is 5.01 Å². The predicted octanol–water partition coefficient (Wildman–Crippen LogP) is 4.52. The van der Waals surface area contributed by atoms with Crippen LogP contribution in [0.3, 0.4) is 0 Å². The van der Waals surface area contributed by atoms with Crippen LogP contribution in [0.1, 0.15) is 18.4 Å². The molecule has 0 spiro atoms. The number of nitrogens with zero attached hydrogens (tertiary/aromatic N) is 1. The summed E-state index contributed by atoms with van der Waals surface area (Å²) in [4.78, 5) is 5.98. The molecule has 0 aliphatic heterocycles. The number of aromatic nitrogens is 1. The summed E-state index contributed by atoms with van der Waals surface area (Å²) >= 11 is 3.55. The first kappa shape index (κ1) is 12.8. The van der Waals surface area contributed by atoms with Crippen molar-refractivity contribution in [2.24, 2.45) is 0 Å². The molecule has 0 radical (unpaired) electrons. The molecule has 0 aliphatic carbocycles. The van der Waals surface area contributed by atoms with E-state index in [-0.39, 0.29) is 0 Å². The van der Waals surface area contributed by atoms with E-state index in [0.29, 0.717) is 0 Å². The summed E-state index contributed by atoms with van der Waals surface area (Å²) in [5.41, 5.74) is 1.11. The summed E-state index contributed by atoms with van der Waals surface area (Å²) in [5, 5.41) is 8.03. The second kappa shape index (κ2) is 5.82. The number of hydrogen-bond donors (Lipinski definition) is 1. The van der Waals surface area contributed by atoms with Gasteiger partial charge in [0.2, 0.25) is 0 Å².